The summed E-state index contributed by atoms with van der Waals surface area (Å²) in [7, 11) is 2.12. The number of hydrogen-bond donors (Lipinski definition) is 0. The molecule has 0 radical (unpaired) electrons. The van der Waals surface area contributed by atoms with E-state index in [4.69, 9.17) is 0 Å². The van der Waals surface area contributed by atoms with E-state index in [-0.39, 0.29) is 0 Å². The molecule has 0 bridgehead atoms. The van der Waals surface area contributed by atoms with Gasteiger partial charge in [0.1, 0.15) is 0 Å². The molecule has 9 rings (SSSR count). The first-order valence-electron chi connectivity index (χ1n) is 16.2. The average Bonchev–Trinajstić information content (AvgIpc) is 3.52. The summed E-state index contributed by atoms with van der Waals surface area (Å²) in [4.78, 5) is 2.23. The van der Waals surface area contributed by atoms with E-state index in [0.717, 1.165) is 11.4 Å². The summed E-state index contributed by atoms with van der Waals surface area (Å²) in [5, 5.41) is 7.64. The van der Waals surface area contributed by atoms with Crippen LogP contribution in [0.3, 0.4) is 0 Å². The van der Waals surface area contributed by atoms with Gasteiger partial charge in [-0.25, -0.2) is 0 Å². The Kier molecular flexibility index (Phi) is 6.39. The Balaban J connectivity index is 1.36. The fraction of sp³-hybridized carbons (Fsp3) is 0.0222. The van der Waals surface area contributed by atoms with Gasteiger partial charge in [0.15, 0.2) is 0 Å². The van der Waals surface area contributed by atoms with Gasteiger partial charge < -0.3 is 9.47 Å². The first-order valence-corrected chi connectivity index (χ1v) is 16.2. The minimum absolute atomic E-state index is 1.15. The summed E-state index contributed by atoms with van der Waals surface area (Å²) >= 11 is 0. The normalized spacial score (nSPS) is 11.5. The van der Waals surface area contributed by atoms with E-state index in [1.807, 2.05) is 0 Å². The zero-order valence-corrected chi connectivity index (χ0v) is 26.1. The van der Waals surface area contributed by atoms with Crippen molar-refractivity contribution in [1.82, 2.24) is 4.57 Å². The number of aromatic nitrogens is 1. The van der Waals surface area contributed by atoms with Gasteiger partial charge in [-0.3, -0.25) is 0 Å². The van der Waals surface area contributed by atoms with Crippen LogP contribution in [0.4, 0.5) is 11.4 Å². The number of hydrogen-bond acceptors (Lipinski definition) is 1. The van der Waals surface area contributed by atoms with Crippen LogP contribution in [0.2, 0.25) is 0 Å². The van der Waals surface area contributed by atoms with Crippen molar-refractivity contribution in [2.45, 2.75) is 0 Å². The predicted octanol–water partition coefficient (Wildman–Crippen LogP) is 12.2. The van der Waals surface area contributed by atoms with E-state index in [1.165, 1.54) is 71.3 Å². The van der Waals surface area contributed by atoms with Crippen molar-refractivity contribution in [2.75, 3.05) is 11.9 Å². The highest BCUT2D eigenvalue weighted by atomic mass is 15.1. The van der Waals surface area contributed by atoms with E-state index < -0.39 is 0 Å². The van der Waals surface area contributed by atoms with E-state index in [1.54, 1.807) is 0 Å². The zero-order valence-electron chi connectivity index (χ0n) is 26.1. The Hall–Kier alpha value is -6.12. The Morgan fingerprint density at radius 2 is 0.936 bits per heavy atom. The van der Waals surface area contributed by atoms with Crippen molar-refractivity contribution in [1.29, 1.82) is 0 Å². The van der Waals surface area contributed by atoms with E-state index >= 15 is 0 Å². The number of nitrogens with zero attached hydrogens (tertiary/aromatic N) is 2. The average molecular weight is 601 g/mol. The van der Waals surface area contributed by atoms with Gasteiger partial charge in [-0.2, -0.15) is 0 Å². The van der Waals surface area contributed by atoms with Gasteiger partial charge in [0, 0.05) is 45.8 Å². The molecule has 0 aliphatic carbocycles. The predicted molar refractivity (Wildman–Crippen MR) is 201 cm³/mol. The van der Waals surface area contributed by atoms with Gasteiger partial charge in [0.05, 0.1) is 11.0 Å². The minimum Gasteiger partial charge on any atom is -0.345 e. The lowest BCUT2D eigenvalue weighted by Gasteiger charge is -2.20. The highest BCUT2D eigenvalue weighted by Crippen LogP contribution is 2.45. The molecule has 47 heavy (non-hydrogen) atoms. The quantitative estimate of drug-likeness (QED) is 0.178. The first-order chi connectivity index (χ1) is 23.3. The maximum atomic E-state index is 2.52. The highest BCUT2D eigenvalue weighted by Gasteiger charge is 2.21. The third kappa shape index (κ3) is 4.41. The summed E-state index contributed by atoms with van der Waals surface area (Å²) in [5.41, 5.74) is 10.8. The second-order valence-electron chi connectivity index (χ2n) is 12.2. The Morgan fingerprint density at radius 1 is 0.383 bits per heavy atom. The fourth-order valence-electron chi connectivity index (χ4n) is 7.34. The van der Waals surface area contributed by atoms with Crippen molar-refractivity contribution in [2.24, 2.45) is 0 Å². The van der Waals surface area contributed by atoms with Gasteiger partial charge in [-0.05, 0) is 69.2 Å². The highest BCUT2D eigenvalue weighted by molar-refractivity contribution is 6.33. The SMILES string of the molecule is CN(c1ccccc1)c1ccc(-c2cccc3c4c5ccccc5c5ccccc5c4n(-c4cccc(-c5ccccc5)c4)c23)cc1. The Bertz CT molecular complexity index is 2560. The first kappa shape index (κ1) is 27.2. The molecule has 0 fully saturated rings. The van der Waals surface area contributed by atoms with Crippen LogP contribution in [0.25, 0.3) is 71.3 Å². The molecule has 8 aromatic carbocycles. The molecule has 0 unspecified atom stereocenters. The van der Waals surface area contributed by atoms with Crippen LogP contribution in [0.1, 0.15) is 0 Å². The number of anilines is 2. The molecule has 0 spiro atoms. The van der Waals surface area contributed by atoms with E-state index in [2.05, 4.69) is 192 Å². The van der Waals surface area contributed by atoms with Crippen LogP contribution in [0.5, 0.6) is 0 Å². The molecular formula is C45H32N2. The van der Waals surface area contributed by atoms with Crippen LogP contribution >= 0.6 is 0 Å². The van der Waals surface area contributed by atoms with Gasteiger partial charge in [-0.1, -0.05) is 140 Å². The van der Waals surface area contributed by atoms with Crippen LogP contribution in [0, 0.1) is 0 Å². The molecule has 9 aromatic rings. The summed E-state index contributed by atoms with van der Waals surface area (Å²) in [6.45, 7) is 0. The lowest BCUT2D eigenvalue weighted by Crippen LogP contribution is -2.08. The van der Waals surface area contributed by atoms with E-state index in [9.17, 15) is 0 Å². The third-order valence-corrected chi connectivity index (χ3v) is 9.58. The largest absolute Gasteiger partial charge is 0.345 e. The zero-order chi connectivity index (χ0) is 31.3. The third-order valence-electron chi connectivity index (χ3n) is 9.58. The van der Waals surface area contributed by atoms with Gasteiger partial charge in [0.2, 0.25) is 0 Å². The van der Waals surface area contributed by atoms with Gasteiger partial charge in [-0.15, -0.1) is 0 Å². The number of benzene rings is 8. The molecule has 0 saturated heterocycles. The molecular weight excluding hydrogens is 569 g/mol. The molecule has 2 heteroatoms. The molecule has 0 aliphatic heterocycles. The maximum Gasteiger partial charge on any atom is 0.0626 e. The van der Waals surface area contributed by atoms with Crippen molar-refractivity contribution in [3.63, 3.8) is 0 Å². The smallest absolute Gasteiger partial charge is 0.0626 e. The maximum absolute atomic E-state index is 2.52. The van der Waals surface area contributed by atoms with Crippen LogP contribution in [-0.2, 0) is 0 Å². The molecule has 0 amide bonds. The molecule has 2 nitrogen and oxygen atoms in total. The second-order valence-corrected chi connectivity index (χ2v) is 12.2. The van der Waals surface area contributed by atoms with E-state index in [0.29, 0.717) is 0 Å². The summed E-state index contributed by atoms with van der Waals surface area (Å²) in [6, 6.07) is 63.7. The van der Waals surface area contributed by atoms with Crippen LogP contribution < -0.4 is 4.90 Å². The minimum atomic E-state index is 1.15. The summed E-state index contributed by atoms with van der Waals surface area (Å²) in [5.74, 6) is 0. The standard InChI is InChI=1S/C45H32N2/c1-46(34-17-6-3-7-18-34)35-28-26-32(27-29-35)37-24-13-25-42-43-40-22-10-8-20-38(40)39-21-9-11-23-41(39)45(43)47(44(37)42)36-19-12-16-33(30-36)31-14-4-2-5-15-31/h2-30H,1H3. The molecule has 0 N–H and O–H groups in total. The Labute approximate surface area is 274 Å². The molecule has 1 heterocycles. The number of fused-ring (bicyclic) bond motifs is 8. The van der Waals surface area contributed by atoms with Crippen molar-refractivity contribution in [3.8, 4) is 27.9 Å². The topological polar surface area (TPSA) is 8.17 Å². The number of para-hydroxylation sites is 2. The Morgan fingerprint density at radius 3 is 1.68 bits per heavy atom. The second kappa shape index (κ2) is 11.0. The van der Waals surface area contributed by atoms with Crippen molar-refractivity contribution >= 4 is 54.7 Å². The molecule has 1 aromatic heterocycles. The molecule has 0 saturated carbocycles. The van der Waals surface area contributed by atoms with Crippen LogP contribution in [0.15, 0.2) is 176 Å². The molecule has 222 valence electrons. The van der Waals surface area contributed by atoms with Gasteiger partial charge >= 0.3 is 0 Å². The van der Waals surface area contributed by atoms with Gasteiger partial charge in [0.25, 0.3) is 0 Å². The molecule has 0 aliphatic rings. The lowest BCUT2D eigenvalue weighted by atomic mass is 9.96. The lowest BCUT2D eigenvalue weighted by molar-refractivity contribution is 1.19. The molecule has 0 atom stereocenters. The van der Waals surface area contributed by atoms with Crippen molar-refractivity contribution in [3.05, 3.63) is 176 Å². The van der Waals surface area contributed by atoms with Crippen molar-refractivity contribution < 1.29 is 0 Å². The monoisotopic (exact) mass is 600 g/mol. The summed E-state index contributed by atoms with van der Waals surface area (Å²) in [6.07, 6.45) is 0. The van der Waals surface area contributed by atoms with Crippen LogP contribution in [-0.4, -0.2) is 11.6 Å². The summed E-state index contributed by atoms with van der Waals surface area (Å²) < 4.78 is 2.52. The fourth-order valence-corrected chi connectivity index (χ4v) is 7.34. The number of rotatable bonds is 5.